The minimum absolute atomic E-state index is 0.165. The normalized spacial score (nSPS) is 12.2. The number of carbonyl (C=O) groups is 1. The van der Waals surface area contributed by atoms with Gasteiger partial charge in [0, 0.05) is 6.54 Å². The van der Waals surface area contributed by atoms with Crippen molar-refractivity contribution in [1.82, 2.24) is 10.0 Å². The number of sulfonamides is 1. The first-order valence-electron chi connectivity index (χ1n) is 9.51. The number of unbranched alkanes of at least 4 members (excludes halogenated alkanes) is 1. The number of rotatable bonds is 11. The van der Waals surface area contributed by atoms with E-state index in [9.17, 15) is 13.2 Å². The zero-order valence-corrected chi connectivity index (χ0v) is 17.8. The molecule has 0 saturated carbocycles. The summed E-state index contributed by atoms with van der Waals surface area (Å²) in [5, 5.41) is 2.86. The van der Waals surface area contributed by atoms with Crippen molar-refractivity contribution in [3.05, 3.63) is 54.1 Å². The third kappa shape index (κ3) is 7.07. The predicted molar refractivity (Wildman–Crippen MR) is 112 cm³/mol. The third-order valence-electron chi connectivity index (χ3n) is 4.32. The molecule has 8 heteroatoms. The number of methoxy groups -OCH3 is 1. The molecule has 0 spiro atoms. The maximum Gasteiger partial charge on any atom is 0.258 e. The van der Waals surface area contributed by atoms with Crippen LogP contribution in [0.5, 0.6) is 11.5 Å². The van der Waals surface area contributed by atoms with Crippen molar-refractivity contribution >= 4 is 15.9 Å². The van der Waals surface area contributed by atoms with Crippen molar-refractivity contribution in [1.29, 1.82) is 0 Å². The van der Waals surface area contributed by atoms with Crippen molar-refractivity contribution in [2.75, 3.05) is 20.3 Å². The van der Waals surface area contributed by atoms with Gasteiger partial charge in [-0.05, 0) is 55.3 Å². The fourth-order valence-corrected chi connectivity index (χ4v) is 3.66. The highest BCUT2D eigenvalue weighted by atomic mass is 32.2. The first-order chi connectivity index (χ1) is 13.9. The van der Waals surface area contributed by atoms with E-state index in [1.807, 2.05) is 38.1 Å². The van der Waals surface area contributed by atoms with E-state index in [2.05, 4.69) is 10.0 Å². The summed E-state index contributed by atoms with van der Waals surface area (Å²) in [6.07, 6.45) is 1.69. The van der Waals surface area contributed by atoms with Crippen LogP contribution in [-0.4, -0.2) is 34.6 Å². The summed E-state index contributed by atoms with van der Waals surface area (Å²) < 4.78 is 37.4. The van der Waals surface area contributed by atoms with E-state index in [0.29, 0.717) is 12.3 Å². The molecular weight excluding hydrogens is 392 g/mol. The van der Waals surface area contributed by atoms with E-state index in [1.165, 1.54) is 24.3 Å². The Bertz CT molecular complexity index is 880. The van der Waals surface area contributed by atoms with Gasteiger partial charge in [-0.1, -0.05) is 25.5 Å². The molecule has 0 saturated heterocycles. The molecule has 0 unspecified atom stereocenters. The van der Waals surface area contributed by atoms with Crippen molar-refractivity contribution in [3.63, 3.8) is 0 Å². The van der Waals surface area contributed by atoms with Gasteiger partial charge in [-0.15, -0.1) is 0 Å². The SMILES string of the molecule is CCCCNS(=O)(=O)c1ccc(OCC(=O)N[C@@H](C)c2ccc(OC)cc2)cc1. The second kappa shape index (κ2) is 10.8. The van der Waals surface area contributed by atoms with Crippen LogP contribution in [0.2, 0.25) is 0 Å². The Morgan fingerprint density at radius 3 is 2.24 bits per heavy atom. The highest BCUT2D eigenvalue weighted by Crippen LogP contribution is 2.18. The predicted octanol–water partition coefficient (Wildman–Crippen LogP) is 3.03. The Morgan fingerprint density at radius 2 is 1.66 bits per heavy atom. The molecule has 0 heterocycles. The van der Waals surface area contributed by atoms with Crippen LogP contribution < -0.4 is 19.5 Å². The molecule has 1 atom stereocenters. The first kappa shape index (κ1) is 22.7. The molecule has 2 aromatic carbocycles. The molecule has 2 rings (SSSR count). The Hall–Kier alpha value is -2.58. The van der Waals surface area contributed by atoms with E-state index in [1.54, 1.807) is 7.11 Å². The molecule has 0 aliphatic heterocycles. The summed E-state index contributed by atoms with van der Waals surface area (Å²) in [5.74, 6) is 0.901. The van der Waals surface area contributed by atoms with Crippen LogP contribution in [0.3, 0.4) is 0 Å². The second-order valence-electron chi connectivity index (χ2n) is 6.57. The average molecular weight is 421 g/mol. The molecule has 0 aliphatic rings. The van der Waals surface area contributed by atoms with Crippen molar-refractivity contribution < 1.29 is 22.7 Å². The third-order valence-corrected chi connectivity index (χ3v) is 5.80. The average Bonchev–Trinajstić information content (AvgIpc) is 2.72. The lowest BCUT2D eigenvalue weighted by Gasteiger charge is -2.15. The Kier molecular flexibility index (Phi) is 8.48. The molecule has 158 valence electrons. The summed E-state index contributed by atoms with van der Waals surface area (Å²) in [6.45, 7) is 4.12. The molecule has 0 fully saturated rings. The topological polar surface area (TPSA) is 93.7 Å². The number of ether oxygens (including phenoxy) is 2. The number of benzene rings is 2. The first-order valence-corrected chi connectivity index (χ1v) is 11.0. The Labute approximate surface area is 172 Å². The largest absolute Gasteiger partial charge is 0.497 e. The van der Waals surface area contributed by atoms with Crippen molar-refractivity contribution in [3.8, 4) is 11.5 Å². The van der Waals surface area contributed by atoms with Crippen molar-refractivity contribution in [2.45, 2.75) is 37.6 Å². The molecule has 0 aliphatic carbocycles. The number of amides is 1. The fourth-order valence-electron chi connectivity index (χ4n) is 2.59. The molecule has 1 amide bonds. The summed E-state index contributed by atoms with van der Waals surface area (Å²) in [6, 6.07) is 13.3. The van der Waals surface area contributed by atoms with Gasteiger partial charge in [0.2, 0.25) is 10.0 Å². The molecule has 0 bridgehead atoms. The summed E-state index contributed by atoms with van der Waals surface area (Å²) in [4.78, 5) is 12.3. The van der Waals surface area contributed by atoms with Gasteiger partial charge in [-0.3, -0.25) is 4.79 Å². The van der Waals surface area contributed by atoms with Gasteiger partial charge in [-0.25, -0.2) is 13.1 Å². The van der Waals surface area contributed by atoms with Crippen LogP contribution in [-0.2, 0) is 14.8 Å². The fraction of sp³-hybridized carbons (Fsp3) is 0.381. The maximum absolute atomic E-state index is 12.2. The number of carbonyl (C=O) groups excluding carboxylic acids is 1. The molecule has 29 heavy (non-hydrogen) atoms. The standard InChI is InChI=1S/C21H28N2O5S/c1-4-5-14-22-29(25,26)20-12-10-19(11-13-20)28-15-21(24)23-16(2)17-6-8-18(27-3)9-7-17/h6-13,16,22H,4-5,14-15H2,1-3H3,(H,23,24)/t16-/m0/s1. The number of hydrogen-bond acceptors (Lipinski definition) is 5. The van der Waals surface area contributed by atoms with E-state index in [4.69, 9.17) is 9.47 Å². The summed E-state index contributed by atoms with van der Waals surface area (Å²) >= 11 is 0. The lowest BCUT2D eigenvalue weighted by atomic mass is 10.1. The monoisotopic (exact) mass is 420 g/mol. The van der Waals surface area contributed by atoms with Gasteiger partial charge >= 0.3 is 0 Å². The molecular formula is C21H28N2O5S. The van der Waals surface area contributed by atoms with Gasteiger partial charge < -0.3 is 14.8 Å². The van der Waals surface area contributed by atoms with Crippen LogP contribution in [0.4, 0.5) is 0 Å². The second-order valence-corrected chi connectivity index (χ2v) is 8.34. The zero-order valence-electron chi connectivity index (χ0n) is 17.0. The minimum Gasteiger partial charge on any atom is -0.497 e. The zero-order chi connectivity index (χ0) is 21.3. The molecule has 2 aromatic rings. The number of hydrogen-bond donors (Lipinski definition) is 2. The van der Waals surface area contributed by atoms with Gasteiger partial charge in [-0.2, -0.15) is 0 Å². The van der Waals surface area contributed by atoms with Crippen LogP contribution >= 0.6 is 0 Å². The van der Waals surface area contributed by atoms with E-state index in [-0.39, 0.29) is 23.5 Å². The highest BCUT2D eigenvalue weighted by molar-refractivity contribution is 7.89. The lowest BCUT2D eigenvalue weighted by molar-refractivity contribution is -0.123. The number of nitrogens with one attached hydrogen (secondary N) is 2. The molecule has 0 aromatic heterocycles. The maximum atomic E-state index is 12.2. The van der Waals surface area contributed by atoms with Crippen LogP contribution in [0.25, 0.3) is 0 Å². The van der Waals surface area contributed by atoms with Gasteiger partial charge in [0.15, 0.2) is 6.61 Å². The van der Waals surface area contributed by atoms with E-state index < -0.39 is 10.0 Å². The summed E-state index contributed by atoms with van der Waals surface area (Å²) in [5.41, 5.74) is 0.948. The Balaban J connectivity index is 1.85. The highest BCUT2D eigenvalue weighted by Gasteiger charge is 2.14. The smallest absolute Gasteiger partial charge is 0.258 e. The molecule has 2 N–H and O–H groups in total. The van der Waals surface area contributed by atoms with Crippen LogP contribution in [0.15, 0.2) is 53.4 Å². The Morgan fingerprint density at radius 1 is 1.03 bits per heavy atom. The summed E-state index contributed by atoms with van der Waals surface area (Å²) in [7, 11) is -1.93. The van der Waals surface area contributed by atoms with Crippen LogP contribution in [0, 0.1) is 0 Å². The van der Waals surface area contributed by atoms with E-state index >= 15 is 0 Å². The van der Waals surface area contributed by atoms with Crippen LogP contribution in [0.1, 0.15) is 38.3 Å². The molecule has 0 radical (unpaired) electrons. The van der Waals surface area contributed by atoms with E-state index in [0.717, 1.165) is 24.2 Å². The van der Waals surface area contributed by atoms with Gasteiger partial charge in [0.05, 0.1) is 18.0 Å². The van der Waals surface area contributed by atoms with Gasteiger partial charge in [0.25, 0.3) is 5.91 Å². The minimum atomic E-state index is -3.53. The quantitative estimate of drug-likeness (QED) is 0.545. The van der Waals surface area contributed by atoms with Gasteiger partial charge in [0.1, 0.15) is 11.5 Å². The van der Waals surface area contributed by atoms with Crippen molar-refractivity contribution in [2.24, 2.45) is 0 Å². The molecule has 7 nitrogen and oxygen atoms in total. The lowest BCUT2D eigenvalue weighted by Crippen LogP contribution is -2.31.